The molecule has 3 rings (SSSR count). The maximum Gasteiger partial charge on any atom is 0.416 e. The molecular weight excluding hydrogens is 439 g/mol. The van der Waals surface area contributed by atoms with Crippen LogP contribution >= 0.6 is 15.9 Å². The molecule has 1 aromatic carbocycles. The Bertz CT molecular complexity index is 995. The van der Waals surface area contributed by atoms with Gasteiger partial charge in [0.2, 0.25) is 5.91 Å². The van der Waals surface area contributed by atoms with Crippen LogP contribution in [0.15, 0.2) is 47.3 Å². The van der Waals surface area contributed by atoms with Gasteiger partial charge in [0.05, 0.1) is 40.4 Å². The summed E-state index contributed by atoms with van der Waals surface area (Å²) in [6.07, 6.45) is 0.238. The molecule has 1 unspecified atom stereocenters. The number of halogens is 4. The van der Waals surface area contributed by atoms with Crippen LogP contribution in [0.3, 0.4) is 0 Å². The van der Waals surface area contributed by atoms with Crippen molar-refractivity contribution in [3.8, 4) is 0 Å². The van der Waals surface area contributed by atoms with E-state index in [9.17, 15) is 18.0 Å². The minimum atomic E-state index is -4.39. The van der Waals surface area contributed by atoms with Gasteiger partial charge in [-0.05, 0) is 47.5 Å². The van der Waals surface area contributed by atoms with Crippen molar-refractivity contribution in [2.75, 3.05) is 5.32 Å². The Morgan fingerprint density at radius 3 is 2.68 bits per heavy atom. The molecule has 0 aliphatic carbocycles. The van der Waals surface area contributed by atoms with Gasteiger partial charge in [0.25, 0.3) is 0 Å². The predicted molar refractivity (Wildman–Crippen MR) is 101 cm³/mol. The number of nitrogens with one attached hydrogen (secondary N) is 1. The molecular formula is C18H17BrF3N5O. The van der Waals surface area contributed by atoms with Crippen LogP contribution in [0.1, 0.15) is 29.8 Å². The second-order valence-electron chi connectivity index (χ2n) is 6.31. The van der Waals surface area contributed by atoms with Crippen LogP contribution in [0.25, 0.3) is 0 Å². The lowest BCUT2D eigenvalue weighted by Crippen LogP contribution is -2.25. The highest BCUT2D eigenvalue weighted by Crippen LogP contribution is 2.29. The number of nitrogens with zero attached hydrogens (tertiary/aromatic N) is 4. The summed E-state index contributed by atoms with van der Waals surface area (Å²) in [5.41, 5.74) is 1.03. The number of alkyl halides is 3. The number of rotatable bonds is 5. The first kappa shape index (κ1) is 20.1. The molecule has 148 valence electrons. The molecule has 2 aromatic heterocycles. The molecule has 2 heterocycles. The Kier molecular flexibility index (Phi) is 5.59. The van der Waals surface area contributed by atoms with Gasteiger partial charge < -0.3 is 5.32 Å². The van der Waals surface area contributed by atoms with Crippen molar-refractivity contribution in [3.05, 3.63) is 64.1 Å². The van der Waals surface area contributed by atoms with Crippen LogP contribution in [0.5, 0.6) is 0 Å². The number of carbonyl (C=O) groups is 1. The van der Waals surface area contributed by atoms with E-state index in [0.29, 0.717) is 11.3 Å². The standard InChI is InChI=1S/C18H17BrF3N5O/c1-11-16(19)8-24-27(11)12(2)17(28)25-15-7-23-26(10-15)9-13-4-3-5-14(6-13)18(20,21)22/h3-8,10,12H,9H2,1-2H3,(H,25,28). The molecule has 1 N–H and O–H groups in total. The summed E-state index contributed by atoms with van der Waals surface area (Å²) in [7, 11) is 0. The molecule has 10 heteroatoms. The van der Waals surface area contributed by atoms with Gasteiger partial charge in [0, 0.05) is 6.20 Å². The van der Waals surface area contributed by atoms with E-state index in [1.165, 1.54) is 16.9 Å². The molecule has 6 nitrogen and oxygen atoms in total. The van der Waals surface area contributed by atoms with Crippen molar-refractivity contribution in [3.63, 3.8) is 0 Å². The molecule has 28 heavy (non-hydrogen) atoms. The van der Waals surface area contributed by atoms with Gasteiger partial charge in [-0.1, -0.05) is 12.1 Å². The van der Waals surface area contributed by atoms with Gasteiger partial charge in [0.1, 0.15) is 6.04 Å². The van der Waals surface area contributed by atoms with E-state index in [4.69, 9.17) is 0 Å². The highest BCUT2D eigenvalue weighted by atomic mass is 79.9. The Morgan fingerprint density at radius 2 is 2.04 bits per heavy atom. The van der Waals surface area contributed by atoms with Gasteiger partial charge in [-0.25, -0.2) is 0 Å². The third kappa shape index (κ3) is 4.44. The molecule has 1 amide bonds. The zero-order valence-electron chi connectivity index (χ0n) is 15.0. The lowest BCUT2D eigenvalue weighted by Gasteiger charge is -2.13. The third-order valence-electron chi connectivity index (χ3n) is 4.23. The minimum Gasteiger partial charge on any atom is -0.322 e. The fourth-order valence-corrected chi connectivity index (χ4v) is 2.97. The van der Waals surface area contributed by atoms with Crippen molar-refractivity contribution >= 4 is 27.5 Å². The molecule has 0 fully saturated rings. The highest BCUT2D eigenvalue weighted by Gasteiger charge is 2.30. The molecule has 0 bridgehead atoms. The summed E-state index contributed by atoms with van der Waals surface area (Å²) < 4.78 is 42.3. The van der Waals surface area contributed by atoms with E-state index < -0.39 is 17.8 Å². The Morgan fingerprint density at radius 1 is 1.29 bits per heavy atom. The van der Waals surface area contributed by atoms with Crippen molar-refractivity contribution in [2.45, 2.75) is 32.6 Å². The molecule has 0 aliphatic rings. The second kappa shape index (κ2) is 7.78. The molecule has 0 saturated heterocycles. The summed E-state index contributed by atoms with van der Waals surface area (Å²) in [5, 5.41) is 11.0. The number of amides is 1. The van der Waals surface area contributed by atoms with Crippen LogP contribution in [-0.4, -0.2) is 25.5 Å². The summed E-state index contributed by atoms with van der Waals surface area (Å²) in [4.78, 5) is 12.4. The Labute approximate surface area is 167 Å². The zero-order valence-corrected chi connectivity index (χ0v) is 16.6. The topological polar surface area (TPSA) is 64.7 Å². The van der Waals surface area contributed by atoms with E-state index in [2.05, 4.69) is 31.4 Å². The molecule has 1 atom stereocenters. The smallest absolute Gasteiger partial charge is 0.322 e. The number of benzene rings is 1. The maximum absolute atomic E-state index is 12.8. The summed E-state index contributed by atoms with van der Waals surface area (Å²) in [6.45, 7) is 3.71. The predicted octanol–water partition coefficient (Wildman–Crippen LogP) is 4.42. The molecule has 0 radical (unpaired) electrons. The first-order chi connectivity index (χ1) is 13.1. The van der Waals surface area contributed by atoms with Crippen LogP contribution in [0.4, 0.5) is 18.9 Å². The van der Waals surface area contributed by atoms with Crippen molar-refractivity contribution < 1.29 is 18.0 Å². The van der Waals surface area contributed by atoms with Crippen LogP contribution in [-0.2, 0) is 17.5 Å². The SMILES string of the molecule is Cc1c(Br)cnn1C(C)C(=O)Nc1cnn(Cc2cccc(C(F)(F)F)c2)c1. The molecule has 0 aliphatic heterocycles. The van der Waals surface area contributed by atoms with Gasteiger partial charge in [-0.2, -0.15) is 23.4 Å². The maximum atomic E-state index is 12.8. The average molecular weight is 456 g/mol. The quantitative estimate of drug-likeness (QED) is 0.619. The largest absolute Gasteiger partial charge is 0.416 e. The van der Waals surface area contributed by atoms with E-state index in [0.717, 1.165) is 22.3 Å². The molecule has 0 spiro atoms. The van der Waals surface area contributed by atoms with Gasteiger partial charge in [-0.3, -0.25) is 14.2 Å². The number of aromatic nitrogens is 4. The Balaban J connectivity index is 1.67. The normalized spacial score (nSPS) is 12.8. The van der Waals surface area contributed by atoms with Gasteiger partial charge in [0.15, 0.2) is 0 Å². The third-order valence-corrected chi connectivity index (χ3v) is 5.01. The van der Waals surface area contributed by atoms with Crippen LogP contribution in [0, 0.1) is 6.92 Å². The average Bonchev–Trinajstić information content (AvgIpc) is 3.20. The fourth-order valence-electron chi connectivity index (χ4n) is 2.70. The van der Waals surface area contributed by atoms with Crippen molar-refractivity contribution in [2.24, 2.45) is 0 Å². The van der Waals surface area contributed by atoms with Crippen molar-refractivity contribution in [1.82, 2.24) is 19.6 Å². The van der Waals surface area contributed by atoms with Crippen LogP contribution in [0.2, 0.25) is 0 Å². The number of anilines is 1. The monoisotopic (exact) mass is 455 g/mol. The zero-order chi connectivity index (χ0) is 20.5. The van der Waals surface area contributed by atoms with E-state index in [-0.39, 0.29) is 12.5 Å². The van der Waals surface area contributed by atoms with E-state index in [1.54, 1.807) is 30.1 Å². The lowest BCUT2D eigenvalue weighted by atomic mass is 10.1. The first-order valence-electron chi connectivity index (χ1n) is 8.34. The fraction of sp³-hybridized carbons (Fsp3) is 0.278. The first-order valence-corrected chi connectivity index (χ1v) is 9.13. The lowest BCUT2D eigenvalue weighted by molar-refractivity contribution is -0.137. The van der Waals surface area contributed by atoms with Gasteiger partial charge >= 0.3 is 6.18 Å². The summed E-state index contributed by atoms with van der Waals surface area (Å²) in [6, 6.07) is 4.51. The van der Waals surface area contributed by atoms with E-state index in [1.807, 2.05) is 6.92 Å². The van der Waals surface area contributed by atoms with Gasteiger partial charge in [-0.15, -0.1) is 0 Å². The van der Waals surface area contributed by atoms with E-state index >= 15 is 0 Å². The number of carbonyl (C=O) groups excluding carboxylic acids is 1. The summed E-state index contributed by atoms with van der Waals surface area (Å²) in [5.74, 6) is -0.280. The highest BCUT2D eigenvalue weighted by molar-refractivity contribution is 9.10. The van der Waals surface area contributed by atoms with Crippen LogP contribution < -0.4 is 5.32 Å². The number of hydrogen-bond acceptors (Lipinski definition) is 3. The second-order valence-corrected chi connectivity index (χ2v) is 7.17. The molecule has 3 aromatic rings. The van der Waals surface area contributed by atoms with Crippen molar-refractivity contribution in [1.29, 1.82) is 0 Å². The minimum absolute atomic E-state index is 0.153. The Hall–Kier alpha value is -2.62. The summed E-state index contributed by atoms with van der Waals surface area (Å²) >= 11 is 3.35. The number of hydrogen-bond donors (Lipinski definition) is 1. The molecule has 0 saturated carbocycles.